The van der Waals surface area contributed by atoms with E-state index in [4.69, 9.17) is 19.3 Å². The topological polar surface area (TPSA) is 69.1 Å². The molecular weight excluding hydrogens is 427 g/mol. The van der Waals surface area contributed by atoms with Crippen molar-refractivity contribution in [2.24, 2.45) is 0 Å². The van der Waals surface area contributed by atoms with Crippen LogP contribution in [-0.4, -0.2) is 60.8 Å². The van der Waals surface area contributed by atoms with Gasteiger partial charge >= 0.3 is 6.09 Å². The third-order valence-electron chi connectivity index (χ3n) is 6.39. The first-order valence-electron chi connectivity index (χ1n) is 11.8. The molecule has 8 nitrogen and oxygen atoms in total. The second kappa shape index (κ2) is 9.99. The van der Waals surface area contributed by atoms with E-state index < -0.39 is 0 Å². The van der Waals surface area contributed by atoms with Crippen LogP contribution in [0.4, 0.5) is 20.7 Å². The molecule has 9 heteroatoms. The number of rotatable bonds is 2. The molecule has 0 spiro atoms. The van der Waals surface area contributed by atoms with Gasteiger partial charge in [0.1, 0.15) is 18.2 Å². The van der Waals surface area contributed by atoms with E-state index in [0.717, 1.165) is 29.9 Å². The third-order valence-corrected chi connectivity index (χ3v) is 6.39. The number of amides is 1. The minimum atomic E-state index is -0.348. The molecule has 1 fully saturated rings. The van der Waals surface area contributed by atoms with Gasteiger partial charge in [-0.1, -0.05) is 13.8 Å². The van der Waals surface area contributed by atoms with Crippen LogP contribution in [0.5, 0.6) is 5.75 Å². The number of halogens is 1. The van der Waals surface area contributed by atoms with E-state index in [1.807, 2.05) is 18.7 Å². The molecule has 3 aliphatic rings. The molecule has 33 heavy (non-hydrogen) atoms. The van der Waals surface area contributed by atoms with Crippen molar-refractivity contribution >= 4 is 17.6 Å². The summed E-state index contributed by atoms with van der Waals surface area (Å²) in [5, 5.41) is 5.04. The molecule has 0 N–H and O–H groups in total. The fraction of sp³-hybridized carbons (Fsp3) is 0.583. The number of aromatic nitrogens is 2. The van der Waals surface area contributed by atoms with Gasteiger partial charge in [0, 0.05) is 43.5 Å². The summed E-state index contributed by atoms with van der Waals surface area (Å²) in [6.45, 7) is 9.21. The van der Waals surface area contributed by atoms with Crippen LogP contribution in [0.2, 0.25) is 0 Å². The zero-order chi connectivity index (χ0) is 23.5. The molecule has 0 bridgehead atoms. The lowest BCUT2D eigenvalue weighted by Gasteiger charge is -2.32. The highest BCUT2D eigenvalue weighted by atomic mass is 19.1. The first kappa shape index (κ1) is 23.4. The van der Waals surface area contributed by atoms with E-state index in [-0.39, 0.29) is 18.0 Å². The number of methoxy groups -OCH3 is 1. The number of anilines is 2. The van der Waals surface area contributed by atoms with Crippen molar-refractivity contribution < 1.29 is 23.4 Å². The van der Waals surface area contributed by atoms with Gasteiger partial charge in [0.15, 0.2) is 5.82 Å². The molecular formula is C24H33FN4O4. The lowest BCUT2D eigenvalue weighted by atomic mass is 10.0. The van der Waals surface area contributed by atoms with E-state index in [1.54, 1.807) is 17.9 Å². The van der Waals surface area contributed by atoms with Crippen LogP contribution in [0.15, 0.2) is 12.1 Å². The van der Waals surface area contributed by atoms with Crippen molar-refractivity contribution in [1.29, 1.82) is 0 Å². The summed E-state index contributed by atoms with van der Waals surface area (Å²) in [7, 11) is 1.40. The number of aryl methyl sites for hydroxylation is 1. The van der Waals surface area contributed by atoms with Crippen molar-refractivity contribution in [2.75, 3.05) is 44.9 Å². The fourth-order valence-electron chi connectivity index (χ4n) is 4.72. The predicted octanol–water partition coefficient (Wildman–Crippen LogP) is 4.36. The summed E-state index contributed by atoms with van der Waals surface area (Å²) in [5.41, 5.74) is 3.36. The summed E-state index contributed by atoms with van der Waals surface area (Å²) in [6.07, 6.45) is 2.16. The van der Waals surface area contributed by atoms with Gasteiger partial charge in [0.2, 0.25) is 0 Å². The maximum absolute atomic E-state index is 14.5. The number of carbonyl (C=O) groups excluding carboxylic acids is 1. The van der Waals surface area contributed by atoms with E-state index in [9.17, 15) is 9.18 Å². The van der Waals surface area contributed by atoms with Crippen molar-refractivity contribution in [3.8, 4) is 5.75 Å². The Labute approximate surface area is 194 Å². The van der Waals surface area contributed by atoms with Crippen molar-refractivity contribution in [1.82, 2.24) is 14.7 Å². The Morgan fingerprint density at radius 1 is 1.18 bits per heavy atom. The van der Waals surface area contributed by atoms with Gasteiger partial charge in [-0.05, 0) is 31.4 Å². The summed E-state index contributed by atoms with van der Waals surface area (Å²) >= 11 is 0. The van der Waals surface area contributed by atoms with Crippen molar-refractivity contribution in [3.05, 3.63) is 34.8 Å². The standard InChI is InChI=1S/C22H27FN4O4.C2H6/c1-14-11-20-19(12-17(14)23)26(7-10-31-20)21-16-13-25(22(28)29-2)6-3-18(16)27(24-21)15-4-8-30-9-5-15;1-2/h11-12,15H,3-10,13H2,1-2H3;1-2H3. The maximum atomic E-state index is 14.5. The lowest BCUT2D eigenvalue weighted by Crippen LogP contribution is -2.37. The molecule has 1 aromatic heterocycles. The number of hydrogen-bond acceptors (Lipinski definition) is 6. The number of hydrogen-bond donors (Lipinski definition) is 0. The normalized spacial score (nSPS) is 18.0. The summed E-state index contributed by atoms with van der Waals surface area (Å²) in [4.78, 5) is 15.9. The van der Waals surface area contributed by atoms with Gasteiger partial charge in [0.05, 0.1) is 31.9 Å². The van der Waals surface area contributed by atoms with Gasteiger partial charge < -0.3 is 24.0 Å². The highest BCUT2D eigenvalue weighted by molar-refractivity contribution is 5.73. The molecule has 2 aromatic rings. The molecule has 0 atom stereocenters. The molecule has 0 unspecified atom stereocenters. The largest absolute Gasteiger partial charge is 0.490 e. The molecule has 0 saturated carbocycles. The highest BCUT2D eigenvalue weighted by Crippen LogP contribution is 2.42. The second-order valence-electron chi connectivity index (χ2n) is 8.25. The smallest absolute Gasteiger partial charge is 0.409 e. The van der Waals surface area contributed by atoms with Gasteiger partial charge in [-0.2, -0.15) is 5.10 Å². The monoisotopic (exact) mass is 460 g/mol. The minimum Gasteiger partial charge on any atom is -0.490 e. The predicted molar refractivity (Wildman–Crippen MR) is 123 cm³/mol. The van der Waals surface area contributed by atoms with Crippen LogP contribution in [-0.2, 0) is 22.4 Å². The van der Waals surface area contributed by atoms with Crippen LogP contribution >= 0.6 is 0 Å². The van der Waals surface area contributed by atoms with Crippen LogP contribution in [0.1, 0.15) is 49.6 Å². The zero-order valence-electron chi connectivity index (χ0n) is 19.9. The average Bonchev–Trinajstić information content (AvgIpc) is 3.24. The number of ether oxygens (including phenoxy) is 3. The van der Waals surface area contributed by atoms with Gasteiger partial charge in [-0.3, -0.25) is 4.68 Å². The number of benzene rings is 1. The maximum Gasteiger partial charge on any atom is 0.409 e. The lowest BCUT2D eigenvalue weighted by molar-refractivity contribution is 0.0649. The van der Waals surface area contributed by atoms with Crippen LogP contribution in [0, 0.1) is 12.7 Å². The third kappa shape index (κ3) is 4.38. The quantitative estimate of drug-likeness (QED) is 0.663. The van der Waals surface area contributed by atoms with Crippen LogP contribution in [0.25, 0.3) is 0 Å². The van der Waals surface area contributed by atoms with Gasteiger partial charge in [-0.25, -0.2) is 9.18 Å². The fourth-order valence-corrected chi connectivity index (χ4v) is 4.72. The summed E-state index contributed by atoms with van der Waals surface area (Å²) in [5.74, 6) is 1.14. The first-order chi connectivity index (χ1) is 16.1. The summed E-state index contributed by atoms with van der Waals surface area (Å²) in [6, 6.07) is 3.51. The minimum absolute atomic E-state index is 0.260. The number of nitrogens with zero attached hydrogens (tertiary/aromatic N) is 4. The van der Waals surface area contributed by atoms with E-state index in [2.05, 4.69) is 4.68 Å². The van der Waals surface area contributed by atoms with E-state index in [1.165, 1.54) is 13.2 Å². The van der Waals surface area contributed by atoms with Crippen molar-refractivity contribution in [2.45, 2.75) is 52.6 Å². The SMILES string of the molecule is CC.COC(=O)N1CCc2c(c(N3CCOc4cc(C)c(F)cc43)nn2C2CCOCC2)C1. The van der Waals surface area contributed by atoms with E-state index in [0.29, 0.717) is 62.9 Å². The van der Waals surface area contributed by atoms with Gasteiger partial charge in [-0.15, -0.1) is 0 Å². The molecule has 0 radical (unpaired) electrons. The highest BCUT2D eigenvalue weighted by Gasteiger charge is 2.34. The molecule has 1 amide bonds. The van der Waals surface area contributed by atoms with Crippen LogP contribution in [0.3, 0.4) is 0 Å². The van der Waals surface area contributed by atoms with Crippen molar-refractivity contribution in [3.63, 3.8) is 0 Å². The molecule has 3 aliphatic heterocycles. The Kier molecular flexibility index (Phi) is 7.07. The van der Waals surface area contributed by atoms with Crippen LogP contribution < -0.4 is 9.64 Å². The number of carbonyl (C=O) groups is 1. The first-order valence-corrected chi connectivity index (χ1v) is 11.8. The summed E-state index contributed by atoms with van der Waals surface area (Å²) < 4.78 is 32.9. The molecule has 1 aromatic carbocycles. The Bertz CT molecular complexity index is 1000. The van der Waals surface area contributed by atoms with E-state index >= 15 is 0 Å². The Morgan fingerprint density at radius 2 is 1.94 bits per heavy atom. The molecule has 4 heterocycles. The average molecular weight is 461 g/mol. The zero-order valence-corrected chi connectivity index (χ0v) is 19.9. The Balaban J connectivity index is 0.00000126. The Morgan fingerprint density at radius 3 is 2.67 bits per heavy atom. The molecule has 1 saturated heterocycles. The molecule has 5 rings (SSSR count). The molecule has 0 aliphatic carbocycles. The van der Waals surface area contributed by atoms with Gasteiger partial charge in [0.25, 0.3) is 0 Å². The Hall–Kier alpha value is -2.81. The second-order valence-corrected chi connectivity index (χ2v) is 8.25. The number of fused-ring (bicyclic) bond motifs is 2. The molecule has 180 valence electrons.